The zero-order chi connectivity index (χ0) is 21.0. The first kappa shape index (κ1) is 20.3. The summed E-state index contributed by atoms with van der Waals surface area (Å²) >= 11 is 0. The van der Waals surface area contributed by atoms with Crippen LogP contribution in [0.4, 0.5) is 10.1 Å². The molecule has 1 atom stereocenters. The fourth-order valence-corrected chi connectivity index (χ4v) is 3.27. The van der Waals surface area contributed by atoms with Crippen LogP contribution in [0.5, 0.6) is 5.75 Å². The first-order valence-electron chi connectivity index (χ1n) is 9.40. The molecule has 1 unspecified atom stereocenters. The lowest BCUT2D eigenvalue weighted by Crippen LogP contribution is -2.52. The summed E-state index contributed by atoms with van der Waals surface area (Å²) in [5, 5.41) is 8.83. The fourth-order valence-electron chi connectivity index (χ4n) is 3.27. The van der Waals surface area contributed by atoms with Crippen LogP contribution in [0.15, 0.2) is 42.5 Å². The summed E-state index contributed by atoms with van der Waals surface area (Å²) in [6, 6.07) is 13.1. The van der Waals surface area contributed by atoms with E-state index in [1.807, 2.05) is 11.0 Å². The highest BCUT2D eigenvalue weighted by molar-refractivity contribution is 5.94. The highest BCUT2D eigenvalue weighted by atomic mass is 19.1. The van der Waals surface area contributed by atoms with Crippen molar-refractivity contribution in [2.24, 2.45) is 0 Å². The number of rotatable bonds is 5. The van der Waals surface area contributed by atoms with Gasteiger partial charge in [-0.3, -0.25) is 9.59 Å². The molecule has 0 bridgehead atoms. The van der Waals surface area contributed by atoms with Gasteiger partial charge >= 0.3 is 0 Å². The Morgan fingerprint density at radius 3 is 2.31 bits per heavy atom. The molecular formula is C22H22FN3O3. The zero-order valence-corrected chi connectivity index (χ0v) is 16.4. The summed E-state index contributed by atoms with van der Waals surface area (Å²) in [6.45, 7) is 4.98. The Kier molecular flexibility index (Phi) is 6.13. The van der Waals surface area contributed by atoms with E-state index in [-0.39, 0.29) is 11.7 Å². The normalized spacial score (nSPS) is 14.8. The smallest absolute Gasteiger partial charge is 0.263 e. The second-order valence-electron chi connectivity index (χ2n) is 6.93. The van der Waals surface area contributed by atoms with Crippen molar-refractivity contribution >= 4 is 17.4 Å². The number of Topliss-reactive ketones (excluding diaryl/α,β-unsaturated/α-hetero) is 1. The first-order chi connectivity index (χ1) is 13.9. The molecule has 0 radical (unpaired) electrons. The second-order valence-corrected chi connectivity index (χ2v) is 6.93. The van der Waals surface area contributed by atoms with Crippen molar-refractivity contribution in [1.29, 1.82) is 5.26 Å². The van der Waals surface area contributed by atoms with E-state index < -0.39 is 11.9 Å². The Balaban J connectivity index is 1.57. The Morgan fingerprint density at radius 2 is 1.76 bits per heavy atom. The summed E-state index contributed by atoms with van der Waals surface area (Å²) < 4.78 is 20.0. The van der Waals surface area contributed by atoms with Crippen LogP contribution >= 0.6 is 0 Å². The summed E-state index contributed by atoms with van der Waals surface area (Å²) in [5.74, 6) is -0.227. The van der Waals surface area contributed by atoms with Gasteiger partial charge in [0, 0.05) is 31.7 Å². The second kappa shape index (κ2) is 8.74. The van der Waals surface area contributed by atoms with Gasteiger partial charge in [-0.05, 0) is 56.3 Å². The number of carbonyl (C=O) groups excluding carboxylic acids is 2. The Bertz CT molecular complexity index is 945. The molecule has 0 aromatic heterocycles. The molecule has 6 nitrogen and oxygen atoms in total. The molecular weight excluding hydrogens is 373 g/mol. The van der Waals surface area contributed by atoms with Crippen molar-refractivity contribution in [2.45, 2.75) is 20.0 Å². The third kappa shape index (κ3) is 4.72. The minimum Gasteiger partial charge on any atom is -0.481 e. The largest absolute Gasteiger partial charge is 0.481 e. The molecule has 1 aliphatic heterocycles. The van der Waals surface area contributed by atoms with E-state index in [9.17, 15) is 14.0 Å². The van der Waals surface area contributed by atoms with E-state index in [4.69, 9.17) is 10.00 Å². The molecule has 1 fully saturated rings. The van der Waals surface area contributed by atoms with Gasteiger partial charge in [-0.2, -0.15) is 5.26 Å². The van der Waals surface area contributed by atoms with Gasteiger partial charge in [-0.15, -0.1) is 0 Å². The highest BCUT2D eigenvalue weighted by Gasteiger charge is 2.27. The van der Waals surface area contributed by atoms with E-state index in [0.717, 1.165) is 0 Å². The van der Waals surface area contributed by atoms with Gasteiger partial charge in [0.05, 0.1) is 17.3 Å². The maximum atomic E-state index is 14.4. The van der Waals surface area contributed by atoms with Gasteiger partial charge in [0.1, 0.15) is 11.6 Å². The maximum Gasteiger partial charge on any atom is 0.263 e. The molecule has 7 heteroatoms. The lowest BCUT2D eigenvalue weighted by molar-refractivity contribution is -0.138. The van der Waals surface area contributed by atoms with Crippen LogP contribution in [0.1, 0.15) is 29.8 Å². The molecule has 2 aromatic carbocycles. The van der Waals surface area contributed by atoms with Crippen molar-refractivity contribution in [3.63, 3.8) is 0 Å². The number of hydrogen-bond acceptors (Lipinski definition) is 5. The van der Waals surface area contributed by atoms with Crippen molar-refractivity contribution in [3.8, 4) is 11.8 Å². The van der Waals surface area contributed by atoms with Crippen LogP contribution in [0, 0.1) is 17.1 Å². The molecule has 3 rings (SSSR count). The number of carbonyl (C=O) groups is 2. The first-order valence-corrected chi connectivity index (χ1v) is 9.40. The molecule has 1 saturated heterocycles. The highest BCUT2D eigenvalue weighted by Crippen LogP contribution is 2.23. The average molecular weight is 395 g/mol. The van der Waals surface area contributed by atoms with E-state index >= 15 is 0 Å². The van der Waals surface area contributed by atoms with Crippen molar-refractivity contribution in [1.82, 2.24) is 4.90 Å². The molecule has 0 spiro atoms. The fraction of sp³-hybridized carbons (Fsp3) is 0.318. The molecule has 2 aromatic rings. The minimum atomic E-state index is -0.666. The average Bonchev–Trinajstić information content (AvgIpc) is 2.73. The number of nitrogens with zero attached hydrogens (tertiary/aromatic N) is 3. The molecule has 0 saturated carbocycles. The van der Waals surface area contributed by atoms with Crippen LogP contribution in [0.2, 0.25) is 0 Å². The molecule has 1 aliphatic rings. The maximum absolute atomic E-state index is 14.4. The molecule has 150 valence electrons. The number of ether oxygens (including phenoxy) is 1. The van der Waals surface area contributed by atoms with Gasteiger partial charge in [0.15, 0.2) is 11.9 Å². The third-order valence-corrected chi connectivity index (χ3v) is 4.93. The van der Waals surface area contributed by atoms with Crippen molar-refractivity contribution in [3.05, 3.63) is 59.4 Å². The summed E-state index contributed by atoms with van der Waals surface area (Å²) in [4.78, 5) is 27.6. The quantitative estimate of drug-likeness (QED) is 0.728. The van der Waals surface area contributed by atoms with Crippen LogP contribution in [0.3, 0.4) is 0 Å². The number of amides is 1. The molecule has 0 aliphatic carbocycles. The molecule has 0 N–H and O–H groups in total. The van der Waals surface area contributed by atoms with Crippen LogP contribution < -0.4 is 9.64 Å². The van der Waals surface area contributed by atoms with Crippen LogP contribution in [-0.2, 0) is 4.79 Å². The number of benzene rings is 2. The number of piperazine rings is 1. The Morgan fingerprint density at radius 1 is 1.10 bits per heavy atom. The van der Waals surface area contributed by atoms with Gasteiger partial charge in [0.25, 0.3) is 5.91 Å². The SMILES string of the molecule is CC(=O)c1ccc(N2CCN(C(=O)C(C)Oc3ccc(C#N)cc3)CC2)c(F)c1. The monoisotopic (exact) mass is 395 g/mol. The van der Waals surface area contributed by atoms with Gasteiger partial charge in [-0.25, -0.2) is 4.39 Å². The summed E-state index contributed by atoms with van der Waals surface area (Å²) in [7, 11) is 0. The number of anilines is 1. The van der Waals surface area contributed by atoms with Crippen LogP contribution in [-0.4, -0.2) is 48.9 Å². The number of hydrogen-bond donors (Lipinski definition) is 0. The molecule has 29 heavy (non-hydrogen) atoms. The number of halogens is 1. The van der Waals surface area contributed by atoms with Crippen molar-refractivity contribution < 1.29 is 18.7 Å². The predicted octanol–water partition coefficient (Wildman–Crippen LogP) is 3.02. The summed E-state index contributed by atoms with van der Waals surface area (Å²) in [5.41, 5.74) is 1.30. The van der Waals surface area contributed by atoms with Crippen molar-refractivity contribution in [2.75, 3.05) is 31.1 Å². The zero-order valence-electron chi connectivity index (χ0n) is 16.4. The summed E-state index contributed by atoms with van der Waals surface area (Å²) in [6.07, 6.45) is -0.666. The van der Waals surface area contributed by atoms with E-state index in [0.29, 0.717) is 48.7 Å². The molecule has 1 amide bonds. The van der Waals surface area contributed by atoms with Gasteiger partial charge in [-0.1, -0.05) is 0 Å². The van der Waals surface area contributed by atoms with Gasteiger partial charge < -0.3 is 14.5 Å². The molecule has 1 heterocycles. The lowest BCUT2D eigenvalue weighted by Gasteiger charge is -2.37. The number of nitriles is 1. The minimum absolute atomic E-state index is 0.138. The number of ketones is 1. The van der Waals surface area contributed by atoms with Crippen LogP contribution in [0.25, 0.3) is 0 Å². The predicted molar refractivity (Wildman–Crippen MR) is 106 cm³/mol. The Labute approximate surface area is 169 Å². The van der Waals surface area contributed by atoms with E-state index in [2.05, 4.69) is 0 Å². The van der Waals surface area contributed by atoms with E-state index in [1.165, 1.54) is 13.0 Å². The Hall–Kier alpha value is -3.40. The lowest BCUT2D eigenvalue weighted by atomic mass is 10.1. The third-order valence-electron chi connectivity index (χ3n) is 4.93. The van der Waals surface area contributed by atoms with E-state index in [1.54, 1.807) is 48.2 Å². The standard InChI is InChI=1S/C22H22FN3O3/c1-15(27)18-5-8-21(20(23)13-18)25-9-11-26(12-10-25)22(28)16(2)29-19-6-3-17(14-24)4-7-19/h3-8,13,16H,9-12H2,1-2H3. The van der Waals surface area contributed by atoms with Gasteiger partial charge in [0.2, 0.25) is 0 Å². The topological polar surface area (TPSA) is 73.6 Å².